The second-order valence-corrected chi connectivity index (χ2v) is 4.10. The minimum atomic E-state index is -0.411. The molecule has 0 saturated heterocycles. The molecular weight excluding hydrogens is 232 g/mol. The Morgan fingerprint density at radius 1 is 1.33 bits per heavy atom. The van der Waals surface area contributed by atoms with Crippen LogP contribution in [0, 0.1) is 17.0 Å². The van der Waals surface area contributed by atoms with Gasteiger partial charge in [-0.2, -0.15) is 0 Å². The summed E-state index contributed by atoms with van der Waals surface area (Å²) in [7, 11) is 0. The number of hydrogen-bond donors (Lipinski definition) is 0. The van der Waals surface area contributed by atoms with Gasteiger partial charge in [0.25, 0.3) is 0 Å². The second-order valence-electron chi connectivity index (χ2n) is 4.10. The fraction of sp³-hybridized carbons (Fsp3) is 0.538. The third kappa shape index (κ3) is 4.00. The average molecular weight is 252 g/mol. The van der Waals surface area contributed by atoms with E-state index in [0.29, 0.717) is 12.4 Å². The number of hydrogen-bond acceptors (Lipinski definition) is 4. The van der Waals surface area contributed by atoms with Crippen LogP contribution < -0.4 is 4.74 Å². The van der Waals surface area contributed by atoms with Gasteiger partial charge in [-0.3, -0.25) is 10.1 Å². The quantitative estimate of drug-likeness (QED) is 0.553. The van der Waals surface area contributed by atoms with Gasteiger partial charge in [-0.15, -0.1) is 0 Å². The van der Waals surface area contributed by atoms with E-state index in [0.717, 1.165) is 25.2 Å². The molecule has 0 atom stereocenters. The molecule has 1 aromatic rings. The van der Waals surface area contributed by atoms with Gasteiger partial charge in [0.1, 0.15) is 6.61 Å². The lowest BCUT2D eigenvalue weighted by molar-refractivity contribution is -0.385. The van der Waals surface area contributed by atoms with E-state index in [9.17, 15) is 10.1 Å². The summed E-state index contributed by atoms with van der Waals surface area (Å²) in [6, 6.07) is 4.91. The molecule has 0 aliphatic carbocycles. The summed E-state index contributed by atoms with van der Waals surface area (Å²) < 4.78 is 5.53. The van der Waals surface area contributed by atoms with Crippen molar-refractivity contribution in [2.45, 2.75) is 20.8 Å². The van der Waals surface area contributed by atoms with Crippen LogP contribution in [0.4, 0.5) is 5.69 Å². The van der Waals surface area contributed by atoms with Crippen LogP contribution in [-0.4, -0.2) is 36.1 Å². The van der Waals surface area contributed by atoms with E-state index in [4.69, 9.17) is 4.74 Å². The van der Waals surface area contributed by atoms with Crippen LogP contribution in [0.5, 0.6) is 5.75 Å². The van der Waals surface area contributed by atoms with Gasteiger partial charge in [0, 0.05) is 12.6 Å². The van der Waals surface area contributed by atoms with Crippen molar-refractivity contribution in [3.05, 3.63) is 33.9 Å². The van der Waals surface area contributed by atoms with E-state index in [2.05, 4.69) is 18.7 Å². The highest BCUT2D eigenvalue weighted by Gasteiger charge is 2.14. The van der Waals surface area contributed by atoms with Crippen molar-refractivity contribution >= 4 is 5.69 Å². The van der Waals surface area contributed by atoms with Gasteiger partial charge in [0.05, 0.1) is 4.92 Å². The molecule has 1 rings (SSSR count). The van der Waals surface area contributed by atoms with Crippen LogP contribution in [0.25, 0.3) is 0 Å². The standard InChI is InChI=1S/C13H20N2O3/c1-4-14(5-2)8-9-18-13-10-11(3)6-7-12(13)15(16)17/h6-7,10H,4-5,8-9H2,1-3H3. The highest BCUT2D eigenvalue weighted by atomic mass is 16.6. The van der Waals surface area contributed by atoms with Gasteiger partial charge < -0.3 is 9.64 Å². The summed E-state index contributed by atoms with van der Waals surface area (Å²) in [6.45, 7) is 9.20. The zero-order chi connectivity index (χ0) is 13.5. The first-order chi connectivity index (χ1) is 8.58. The summed E-state index contributed by atoms with van der Waals surface area (Å²) >= 11 is 0. The van der Waals surface area contributed by atoms with Crippen molar-refractivity contribution in [3.8, 4) is 5.75 Å². The number of nitro groups is 1. The maximum absolute atomic E-state index is 10.9. The Morgan fingerprint density at radius 3 is 2.56 bits per heavy atom. The van der Waals surface area contributed by atoms with Crippen molar-refractivity contribution in [1.82, 2.24) is 4.90 Å². The summed E-state index contributed by atoms with van der Waals surface area (Å²) in [5.41, 5.74) is 0.985. The lowest BCUT2D eigenvalue weighted by Gasteiger charge is -2.18. The second kappa shape index (κ2) is 6.96. The first kappa shape index (κ1) is 14.4. The molecular formula is C13H20N2O3. The van der Waals surface area contributed by atoms with Crippen LogP contribution in [0.2, 0.25) is 0 Å². The first-order valence-electron chi connectivity index (χ1n) is 6.18. The van der Waals surface area contributed by atoms with Crippen LogP contribution in [0.1, 0.15) is 19.4 Å². The Balaban J connectivity index is 2.66. The predicted octanol–water partition coefficient (Wildman–Crippen LogP) is 2.62. The number of likely N-dealkylation sites (N-methyl/N-ethyl adjacent to an activating group) is 1. The molecule has 100 valence electrons. The molecule has 0 fully saturated rings. The maximum Gasteiger partial charge on any atom is 0.310 e. The van der Waals surface area contributed by atoms with Crippen molar-refractivity contribution < 1.29 is 9.66 Å². The average Bonchev–Trinajstić information content (AvgIpc) is 2.34. The Labute approximate surface area is 108 Å². The van der Waals surface area contributed by atoms with Crippen LogP contribution in [-0.2, 0) is 0 Å². The van der Waals surface area contributed by atoms with E-state index < -0.39 is 4.92 Å². The Morgan fingerprint density at radius 2 is 2.00 bits per heavy atom. The number of nitro benzene ring substituents is 1. The molecule has 0 N–H and O–H groups in total. The maximum atomic E-state index is 10.9. The molecule has 0 spiro atoms. The van der Waals surface area contributed by atoms with Crippen LogP contribution >= 0.6 is 0 Å². The van der Waals surface area contributed by atoms with Gasteiger partial charge in [-0.25, -0.2) is 0 Å². The molecule has 0 aliphatic heterocycles. The number of nitrogens with zero attached hydrogens (tertiary/aromatic N) is 2. The van der Waals surface area contributed by atoms with Gasteiger partial charge >= 0.3 is 5.69 Å². The summed E-state index contributed by atoms with van der Waals surface area (Å²) in [6.07, 6.45) is 0. The number of ether oxygens (including phenoxy) is 1. The van der Waals surface area contributed by atoms with Crippen molar-refractivity contribution in [2.75, 3.05) is 26.2 Å². The summed E-state index contributed by atoms with van der Waals surface area (Å²) in [5, 5.41) is 10.9. The van der Waals surface area contributed by atoms with Gasteiger partial charge in [-0.05, 0) is 31.6 Å². The normalized spacial score (nSPS) is 10.7. The smallest absolute Gasteiger partial charge is 0.310 e. The molecule has 0 unspecified atom stereocenters. The molecule has 1 aromatic carbocycles. The molecule has 0 saturated carbocycles. The zero-order valence-corrected chi connectivity index (χ0v) is 11.2. The largest absolute Gasteiger partial charge is 0.485 e. The lowest BCUT2D eigenvalue weighted by atomic mass is 10.2. The number of aryl methyl sites for hydroxylation is 1. The topological polar surface area (TPSA) is 55.6 Å². The molecule has 5 heteroatoms. The summed E-state index contributed by atoms with van der Waals surface area (Å²) in [5.74, 6) is 0.354. The van der Waals surface area contributed by atoms with Crippen LogP contribution in [0.3, 0.4) is 0 Å². The Kier molecular flexibility index (Phi) is 5.58. The molecule has 0 heterocycles. The van der Waals surface area contributed by atoms with Crippen molar-refractivity contribution in [1.29, 1.82) is 0 Å². The van der Waals surface area contributed by atoms with E-state index in [1.807, 2.05) is 6.92 Å². The number of benzene rings is 1. The molecule has 5 nitrogen and oxygen atoms in total. The van der Waals surface area contributed by atoms with Crippen molar-refractivity contribution in [3.63, 3.8) is 0 Å². The molecule has 0 radical (unpaired) electrons. The first-order valence-corrected chi connectivity index (χ1v) is 6.18. The lowest BCUT2D eigenvalue weighted by Crippen LogP contribution is -2.28. The van der Waals surface area contributed by atoms with Crippen molar-refractivity contribution in [2.24, 2.45) is 0 Å². The Bertz CT molecular complexity index is 403. The van der Waals surface area contributed by atoms with E-state index in [-0.39, 0.29) is 5.69 Å². The van der Waals surface area contributed by atoms with Gasteiger partial charge in [-0.1, -0.05) is 19.9 Å². The molecule has 18 heavy (non-hydrogen) atoms. The highest BCUT2D eigenvalue weighted by molar-refractivity contribution is 5.48. The minimum Gasteiger partial charge on any atom is -0.485 e. The Hall–Kier alpha value is -1.62. The van der Waals surface area contributed by atoms with E-state index in [1.54, 1.807) is 12.1 Å². The zero-order valence-electron chi connectivity index (χ0n) is 11.2. The minimum absolute atomic E-state index is 0.0279. The fourth-order valence-corrected chi connectivity index (χ4v) is 1.71. The third-order valence-corrected chi connectivity index (χ3v) is 2.87. The molecule has 0 bridgehead atoms. The van der Waals surface area contributed by atoms with E-state index in [1.165, 1.54) is 6.07 Å². The molecule has 0 aliphatic rings. The third-order valence-electron chi connectivity index (χ3n) is 2.87. The highest BCUT2D eigenvalue weighted by Crippen LogP contribution is 2.27. The fourth-order valence-electron chi connectivity index (χ4n) is 1.71. The molecule has 0 aromatic heterocycles. The molecule has 0 amide bonds. The van der Waals surface area contributed by atoms with Gasteiger partial charge in [0.15, 0.2) is 5.75 Å². The monoisotopic (exact) mass is 252 g/mol. The SMILES string of the molecule is CCN(CC)CCOc1cc(C)ccc1[N+](=O)[O-]. The van der Waals surface area contributed by atoms with Crippen LogP contribution in [0.15, 0.2) is 18.2 Å². The van der Waals surface area contributed by atoms with Gasteiger partial charge in [0.2, 0.25) is 0 Å². The number of rotatable bonds is 7. The van der Waals surface area contributed by atoms with E-state index >= 15 is 0 Å². The summed E-state index contributed by atoms with van der Waals surface area (Å²) in [4.78, 5) is 12.7. The predicted molar refractivity (Wildman–Crippen MR) is 71.1 cm³/mol.